The summed E-state index contributed by atoms with van der Waals surface area (Å²) < 4.78 is 22.3. The van der Waals surface area contributed by atoms with Gasteiger partial charge in [-0.1, -0.05) is 30.3 Å². The molecule has 1 aromatic heterocycles. The summed E-state index contributed by atoms with van der Waals surface area (Å²) in [6.45, 7) is 3.40. The number of amides is 1. The maximum absolute atomic E-state index is 13.1. The Morgan fingerprint density at radius 2 is 1.68 bits per heavy atom. The molecule has 0 fully saturated rings. The minimum Gasteiger partial charge on any atom is -0.493 e. The van der Waals surface area contributed by atoms with E-state index in [2.05, 4.69) is 5.32 Å². The van der Waals surface area contributed by atoms with Gasteiger partial charge in [0.05, 0.1) is 25.2 Å². The summed E-state index contributed by atoms with van der Waals surface area (Å²) in [4.78, 5) is 25.8. The minimum absolute atomic E-state index is 0.115. The number of benzene rings is 3. The van der Waals surface area contributed by atoms with Crippen molar-refractivity contribution in [1.82, 2.24) is 0 Å². The quantitative estimate of drug-likeness (QED) is 0.409. The fourth-order valence-electron chi connectivity index (χ4n) is 3.71. The van der Waals surface area contributed by atoms with Crippen molar-refractivity contribution >= 4 is 22.6 Å². The number of aryl methyl sites for hydroxylation is 1. The molecule has 3 aromatic carbocycles. The summed E-state index contributed by atoms with van der Waals surface area (Å²) in [5.41, 5.74) is 2.16. The first-order valence-corrected chi connectivity index (χ1v) is 10.7. The van der Waals surface area contributed by atoms with E-state index in [0.29, 0.717) is 45.2 Å². The fraction of sp³-hybridized carbons (Fsp3) is 0.185. The molecule has 0 radical (unpaired) electrons. The van der Waals surface area contributed by atoms with Crippen LogP contribution in [0.15, 0.2) is 75.9 Å². The highest BCUT2D eigenvalue weighted by atomic mass is 16.5. The number of nitrogens with one attached hydrogen (secondary N) is 1. The van der Waals surface area contributed by atoms with Crippen molar-refractivity contribution in [3.63, 3.8) is 0 Å². The summed E-state index contributed by atoms with van der Waals surface area (Å²) >= 11 is 0. The van der Waals surface area contributed by atoms with Gasteiger partial charge in [0.1, 0.15) is 17.1 Å². The van der Waals surface area contributed by atoms with E-state index in [1.807, 2.05) is 30.3 Å². The van der Waals surface area contributed by atoms with Crippen molar-refractivity contribution in [3.05, 3.63) is 82.7 Å². The van der Waals surface area contributed by atoms with Crippen LogP contribution in [0.1, 0.15) is 12.7 Å². The Balaban J connectivity index is 1.54. The van der Waals surface area contributed by atoms with Crippen LogP contribution in [0.4, 0.5) is 5.69 Å². The Labute approximate surface area is 196 Å². The first-order chi connectivity index (χ1) is 16.4. The van der Waals surface area contributed by atoms with Crippen molar-refractivity contribution in [2.75, 3.05) is 19.5 Å². The number of hydrogen-bond donors (Lipinski definition) is 1. The van der Waals surface area contributed by atoms with Crippen LogP contribution in [0.25, 0.3) is 22.1 Å². The lowest BCUT2D eigenvalue weighted by atomic mass is 10.0. The zero-order valence-corrected chi connectivity index (χ0v) is 19.4. The van der Waals surface area contributed by atoms with Crippen LogP contribution < -0.4 is 25.0 Å². The molecule has 34 heavy (non-hydrogen) atoms. The molecule has 1 unspecified atom stereocenters. The second-order valence-corrected chi connectivity index (χ2v) is 7.71. The van der Waals surface area contributed by atoms with Gasteiger partial charge in [0.25, 0.3) is 5.91 Å². The van der Waals surface area contributed by atoms with E-state index >= 15 is 0 Å². The fourth-order valence-corrected chi connectivity index (χ4v) is 3.71. The number of carbonyl (C=O) groups is 1. The van der Waals surface area contributed by atoms with Gasteiger partial charge in [-0.05, 0) is 43.7 Å². The van der Waals surface area contributed by atoms with Crippen molar-refractivity contribution in [2.45, 2.75) is 20.0 Å². The highest BCUT2D eigenvalue weighted by Crippen LogP contribution is 2.30. The van der Waals surface area contributed by atoms with Crippen LogP contribution in [0.3, 0.4) is 0 Å². The van der Waals surface area contributed by atoms with Crippen molar-refractivity contribution in [2.24, 2.45) is 0 Å². The third-order valence-corrected chi connectivity index (χ3v) is 5.44. The number of rotatable bonds is 7. The molecule has 1 N–H and O–H groups in total. The van der Waals surface area contributed by atoms with Crippen LogP contribution in [0, 0.1) is 6.92 Å². The molecule has 7 nitrogen and oxygen atoms in total. The molecule has 0 aliphatic rings. The maximum Gasteiger partial charge on any atom is 0.265 e. The lowest BCUT2D eigenvalue weighted by Crippen LogP contribution is -2.30. The summed E-state index contributed by atoms with van der Waals surface area (Å²) in [6.07, 6.45) is -0.804. The average molecular weight is 459 g/mol. The van der Waals surface area contributed by atoms with Gasteiger partial charge in [0.2, 0.25) is 5.43 Å². The Morgan fingerprint density at radius 3 is 2.38 bits per heavy atom. The zero-order valence-electron chi connectivity index (χ0n) is 19.4. The molecule has 0 spiro atoms. The maximum atomic E-state index is 13.1. The van der Waals surface area contributed by atoms with Crippen LogP contribution >= 0.6 is 0 Å². The van der Waals surface area contributed by atoms with E-state index < -0.39 is 6.10 Å². The lowest BCUT2D eigenvalue weighted by Gasteiger charge is -2.16. The lowest BCUT2D eigenvalue weighted by molar-refractivity contribution is -0.122. The predicted octanol–water partition coefficient (Wildman–Crippen LogP) is 5.19. The largest absolute Gasteiger partial charge is 0.493 e. The minimum atomic E-state index is -0.804. The zero-order chi connectivity index (χ0) is 24.2. The van der Waals surface area contributed by atoms with Gasteiger partial charge in [-0.3, -0.25) is 9.59 Å². The smallest absolute Gasteiger partial charge is 0.265 e. The van der Waals surface area contributed by atoms with Crippen molar-refractivity contribution in [3.8, 4) is 28.4 Å². The molecule has 1 amide bonds. The third kappa shape index (κ3) is 4.59. The van der Waals surface area contributed by atoms with Crippen LogP contribution in [0.5, 0.6) is 17.2 Å². The topological polar surface area (TPSA) is 87.0 Å². The first-order valence-electron chi connectivity index (χ1n) is 10.7. The Morgan fingerprint density at radius 1 is 0.941 bits per heavy atom. The Bertz CT molecular complexity index is 1390. The Hall–Kier alpha value is -4.26. The highest BCUT2D eigenvalue weighted by molar-refractivity contribution is 5.94. The molecular formula is C27H25NO6. The number of hydrogen-bond acceptors (Lipinski definition) is 6. The van der Waals surface area contributed by atoms with E-state index in [0.717, 1.165) is 5.56 Å². The van der Waals surface area contributed by atoms with Gasteiger partial charge >= 0.3 is 0 Å². The van der Waals surface area contributed by atoms with Gasteiger partial charge in [-0.15, -0.1) is 0 Å². The van der Waals surface area contributed by atoms with Crippen LogP contribution in [-0.4, -0.2) is 26.2 Å². The monoisotopic (exact) mass is 459 g/mol. The molecule has 174 valence electrons. The molecule has 0 aliphatic carbocycles. The van der Waals surface area contributed by atoms with Gasteiger partial charge in [0.15, 0.2) is 17.6 Å². The van der Waals surface area contributed by atoms with Crippen LogP contribution in [-0.2, 0) is 4.79 Å². The molecule has 0 bridgehead atoms. The second kappa shape index (κ2) is 9.70. The van der Waals surface area contributed by atoms with Gasteiger partial charge in [-0.25, -0.2) is 0 Å². The van der Waals surface area contributed by atoms with E-state index in [1.165, 1.54) is 7.11 Å². The number of ether oxygens (including phenoxy) is 3. The Kier molecular flexibility index (Phi) is 6.54. The third-order valence-electron chi connectivity index (χ3n) is 5.44. The number of anilines is 1. The second-order valence-electron chi connectivity index (χ2n) is 7.71. The molecule has 0 saturated heterocycles. The van der Waals surface area contributed by atoms with Crippen LogP contribution in [0.2, 0.25) is 0 Å². The van der Waals surface area contributed by atoms with Gasteiger partial charge in [0, 0.05) is 17.8 Å². The molecule has 0 saturated carbocycles. The first kappa shape index (κ1) is 22.9. The number of fused-ring (bicyclic) bond motifs is 1. The summed E-state index contributed by atoms with van der Waals surface area (Å²) in [5.74, 6) is 1.65. The SMILES string of the molecule is COc1ccc(NC(=O)C(C)Oc2ccc3c(=O)c(-c4ccccc4)c(C)oc3c2)cc1OC. The van der Waals surface area contributed by atoms with Gasteiger partial charge in [-0.2, -0.15) is 0 Å². The average Bonchev–Trinajstić information content (AvgIpc) is 2.84. The molecule has 1 atom stereocenters. The van der Waals surface area contributed by atoms with Gasteiger partial charge < -0.3 is 23.9 Å². The molecule has 4 rings (SSSR count). The highest BCUT2D eigenvalue weighted by Gasteiger charge is 2.18. The number of carbonyl (C=O) groups excluding carboxylic acids is 1. The predicted molar refractivity (Wildman–Crippen MR) is 131 cm³/mol. The molecular weight excluding hydrogens is 434 g/mol. The van der Waals surface area contributed by atoms with E-state index in [1.54, 1.807) is 57.4 Å². The normalized spacial score (nSPS) is 11.6. The molecule has 4 aromatic rings. The van der Waals surface area contributed by atoms with E-state index in [4.69, 9.17) is 18.6 Å². The molecule has 1 heterocycles. The van der Waals surface area contributed by atoms with Crippen molar-refractivity contribution < 1.29 is 23.4 Å². The summed E-state index contributed by atoms with van der Waals surface area (Å²) in [6, 6.07) is 19.4. The molecule has 7 heteroatoms. The summed E-state index contributed by atoms with van der Waals surface area (Å²) in [5, 5.41) is 3.24. The van der Waals surface area contributed by atoms with Crippen molar-refractivity contribution in [1.29, 1.82) is 0 Å². The van der Waals surface area contributed by atoms with E-state index in [-0.39, 0.29) is 11.3 Å². The molecule has 0 aliphatic heterocycles. The standard InChI is InChI=1S/C27H25NO6/c1-16-25(18-8-6-5-7-9-18)26(29)21-12-11-20(15-23(21)34-16)33-17(2)27(30)28-19-10-13-22(31-3)24(14-19)32-4/h5-15,17H,1-4H3,(H,28,30). The number of methoxy groups -OCH3 is 2. The van der Waals surface area contributed by atoms with E-state index in [9.17, 15) is 9.59 Å². The summed E-state index contributed by atoms with van der Waals surface area (Å²) in [7, 11) is 3.07.